The van der Waals surface area contributed by atoms with Crippen molar-refractivity contribution in [2.24, 2.45) is 0 Å². The highest BCUT2D eigenvalue weighted by Gasteiger charge is 2.48. The van der Waals surface area contributed by atoms with Crippen LogP contribution in [0.25, 0.3) is 11.1 Å². The largest absolute Gasteiger partial charge is 0.465 e. The molecule has 0 amide bonds. The molecule has 39 heavy (non-hydrogen) atoms. The number of fused-ring (bicyclic) bond motifs is 1. The Bertz CT molecular complexity index is 1520. The number of Topliss-reactive ketones (excluding diaryl/α,β-unsaturated/α-hetero) is 1. The third-order valence-electron chi connectivity index (χ3n) is 6.64. The Kier molecular flexibility index (Phi) is 7.30. The molecule has 1 unspecified atom stereocenters. The molecule has 1 N–H and O–H groups in total. The topological polar surface area (TPSA) is 93.9 Å². The predicted octanol–water partition coefficient (Wildman–Crippen LogP) is 5.72. The molecule has 0 bridgehead atoms. The van der Waals surface area contributed by atoms with Crippen LogP contribution in [0.3, 0.4) is 0 Å². The van der Waals surface area contributed by atoms with Crippen LogP contribution >= 0.6 is 0 Å². The standard InChI is InChI=1S/C29H27F2N3O5/c1-18-5-9-21(30)17-24(18)33-28-32-23-12-6-19(15-25(23)38-28)16-26(35)29(31,34-13-3-4-14-34)39-22-10-7-20(8-11-22)27(36)37-2/h5-12,15,17H,3-4,13-14,16H2,1-2H3,(H,32,33). The summed E-state index contributed by atoms with van der Waals surface area (Å²) in [7, 11) is 1.27. The van der Waals surface area contributed by atoms with Gasteiger partial charge >= 0.3 is 11.9 Å². The predicted molar refractivity (Wildman–Crippen MR) is 140 cm³/mol. The van der Waals surface area contributed by atoms with E-state index >= 15 is 4.39 Å². The fourth-order valence-corrected chi connectivity index (χ4v) is 4.51. The number of benzene rings is 3. The fourth-order valence-electron chi connectivity index (χ4n) is 4.51. The number of likely N-dealkylation sites (tertiary alicyclic amines) is 1. The smallest absolute Gasteiger partial charge is 0.371 e. The normalized spacial score (nSPS) is 15.2. The maximum atomic E-state index is 16.4. The molecule has 1 atom stereocenters. The Hall–Kier alpha value is -4.31. The van der Waals surface area contributed by atoms with Crippen molar-refractivity contribution in [2.75, 3.05) is 25.5 Å². The summed E-state index contributed by atoms with van der Waals surface area (Å²) in [6.07, 6.45) is 1.23. The highest BCUT2D eigenvalue weighted by Crippen LogP contribution is 2.31. The number of hydrogen-bond acceptors (Lipinski definition) is 8. The van der Waals surface area contributed by atoms with Gasteiger partial charge in [-0.1, -0.05) is 12.1 Å². The van der Waals surface area contributed by atoms with Gasteiger partial charge in [-0.2, -0.15) is 9.37 Å². The number of oxazole rings is 1. The first-order valence-electron chi connectivity index (χ1n) is 12.5. The van der Waals surface area contributed by atoms with E-state index in [9.17, 15) is 14.0 Å². The number of anilines is 2. The monoisotopic (exact) mass is 535 g/mol. The zero-order chi connectivity index (χ0) is 27.6. The number of carbonyl (C=O) groups excluding carboxylic acids is 2. The molecule has 1 aromatic heterocycles. The number of ketones is 1. The van der Waals surface area contributed by atoms with Crippen molar-refractivity contribution in [3.8, 4) is 5.75 Å². The number of halogens is 2. The van der Waals surface area contributed by atoms with Gasteiger partial charge in [-0.15, -0.1) is 0 Å². The molecule has 1 aliphatic rings. The number of aromatic nitrogens is 1. The first kappa shape index (κ1) is 26.3. The summed E-state index contributed by atoms with van der Waals surface area (Å²) in [6, 6.07) is 15.2. The molecule has 0 saturated carbocycles. The SMILES string of the molecule is COC(=O)c1ccc(OC(F)(C(=O)Cc2ccc3nc(Nc4cc(F)ccc4C)oc3c2)N2CCCC2)cc1. The summed E-state index contributed by atoms with van der Waals surface area (Å²) < 4.78 is 46.2. The lowest BCUT2D eigenvalue weighted by Gasteiger charge is -2.33. The molecule has 5 rings (SSSR count). The zero-order valence-corrected chi connectivity index (χ0v) is 21.5. The Morgan fingerprint density at radius 1 is 1.08 bits per heavy atom. The molecule has 8 nitrogen and oxygen atoms in total. The fraction of sp³-hybridized carbons (Fsp3) is 0.276. The number of methoxy groups -OCH3 is 1. The van der Waals surface area contributed by atoms with Crippen LogP contribution in [-0.2, 0) is 16.0 Å². The molecule has 0 aliphatic carbocycles. The third kappa shape index (κ3) is 5.61. The molecule has 0 spiro atoms. The van der Waals surface area contributed by atoms with Gasteiger partial charge in [0.15, 0.2) is 5.58 Å². The number of aryl methyl sites for hydroxylation is 1. The van der Waals surface area contributed by atoms with Crippen molar-refractivity contribution in [2.45, 2.75) is 32.2 Å². The van der Waals surface area contributed by atoms with Crippen LogP contribution in [0, 0.1) is 12.7 Å². The molecule has 0 radical (unpaired) electrons. The highest BCUT2D eigenvalue weighted by molar-refractivity contribution is 5.90. The van der Waals surface area contributed by atoms with E-state index in [1.807, 2.05) is 6.92 Å². The first-order chi connectivity index (χ1) is 18.7. The van der Waals surface area contributed by atoms with E-state index in [0.29, 0.717) is 35.4 Å². The molecule has 2 heterocycles. The summed E-state index contributed by atoms with van der Waals surface area (Å²) in [4.78, 5) is 30.9. The summed E-state index contributed by atoms with van der Waals surface area (Å²) in [6.45, 7) is 2.57. The number of hydrogen-bond donors (Lipinski definition) is 1. The maximum absolute atomic E-state index is 16.4. The van der Waals surface area contributed by atoms with Gasteiger partial charge in [0.1, 0.15) is 17.1 Å². The van der Waals surface area contributed by atoms with E-state index in [-0.39, 0.29) is 23.7 Å². The lowest BCUT2D eigenvalue weighted by Crippen LogP contribution is -2.55. The number of ether oxygens (including phenoxy) is 2. The number of carbonyl (C=O) groups is 2. The Morgan fingerprint density at radius 2 is 1.82 bits per heavy atom. The van der Waals surface area contributed by atoms with Crippen molar-refractivity contribution in [3.63, 3.8) is 0 Å². The van der Waals surface area contributed by atoms with Crippen LogP contribution in [0.15, 0.2) is 65.1 Å². The van der Waals surface area contributed by atoms with Crippen LogP contribution in [0.4, 0.5) is 20.5 Å². The van der Waals surface area contributed by atoms with Crippen molar-refractivity contribution < 1.29 is 32.3 Å². The molecule has 4 aromatic rings. The minimum atomic E-state index is -2.69. The van der Waals surface area contributed by atoms with Crippen molar-refractivity contribution in [1.82, 2.24) is 9.88 Å². The molecule has 1 aliphatic heterocycles. The van der Waals surface area contributed by atoms with Crippen LogP contribution in [0.2, 0.25) is 0 Å². The second-order valence-corrected chi connectivity index (χ2v) is 9.38. The summed E-state index contributed by atoms with van der Waals surface area (Å²) in [5.74, 6) is -4.28. The molecule has 202 valence electrons. The van der Waals surface area contributed by atoms with Gasteiger partial charge in [-0.05, 0) is 79.4 Å². The summed E-state index contributed by atoms with van der Waals surface area (Å²) in [5, 5.41) is 2.97. The number of nitrogens with one attached hydrogen (secondary N) is 1. The molecule has 3 aromatic carbocycles. The zero-order valence-electron chi connectivity index (χ0n) is 21.5. The number of nitrogens with zero attached hydrogens (tertiary/aromatic N) is 2. The number of alkyl halides is 1. The average Bonchev–Trinajstić information content (AvgIpc) is 3.61. The van der Waals surface area contributed by atoms with Gasteiger partial charge in [-0.25, -0.2) is 14.1 Å². The van der Waals surface area contributed by atoms with Crippen molar-refractivity contribution in [3.05, 3.63) is 83.2 Å². The first-order valence-corrected chi connectivity index (χ1v) is 12.5. The molecular formula is C29H27F2N3O5. The van der Waals surface area contributed by atoms with E-state index in [2.05, 4.69) is 15.0 Å². The average molecular weight is 536 g/mol. The Balaban J connectivity index is 1.36. The Morgan fingerprint density at radius 3 is 2.54 bits per heavy atom. The van der Waals surface area contributed by atoms with Crippen LogP contribution in [0.5, 0.6) is 5.75 Å². The molecule has 10 heteroatoms. The minimum Gasteiger partial charge on any atom is -0.465 e. The van der Waals surface area contributed by atoms with E-state index in [4.69, 9.17) is 9.15 Å². The van der Waals surface area contributed by atoms with Gasteiger partial charge in [0.2, 0.25) is 5.78 Å². The van der Waals surface area contributed by atoms with Crippen molar-refractivity contribution >= 4 is 34.6 Å². The van der Waals surface area contributed by atoms with Gasteiger partial charge in [0.25, 0.3) is 6.01 Å². The summed E-state index contributed by atoms with van der Waals surface area (Å²) >= 11 is 0. The lowest BCUT2D eigenvalue weighted by molar-refractivity contribution is -0.191. The van der Waals surface area contributed by atoms with Crippen LogP contribution in [-0.4, -0.2) is 47.8 Å². The Labute approximate surface area is 223 Å². The third-order valence-corrected chi connectivity index (χ3v) is 6.64. The molecule has 1 saturated heterocycles. The number of esters is 1. The van der Waals surface area contributed by atoms with Gasteiger partial charge in [0.05, 0.1) is 12.7 Å². The molecule has 1 fully saturated rings. The van der Waals surface area contributed by atoms with Crippen LogP contribution in [0.1, 0.15) is 34.3 Å². The quantitative estimate of drug-likeness (QED) is 0.215. The number of rotatable bonds is 9. The van der Waals surface area contributed by atoms with E-state index in [1.54, 1.807) is 24.3 Å². The van der Waals surface area contributed by atoms with Gasteiger partial charge in [0, 0.05) is 25.2 Å². The van der Waals surface area contributed by atoms with E-state index in [0.717, 1.165) is 18.4 Å². The summed E-state index contributed by atoms with van der Waals surface area (Å²) in [5.41, 5.74) is 3.04. The highest BCUT2D eigenvalue weighted by atomic mass is 19.2. The van der Waals surface area contributed by atoms with E-state index in [1.165, 1.54) is 48.4 Å². The van der Waals surface area contributed by atoms with Gasteiger partial charge < -0.3 is 19.2 Å². The molecular weight excluding hydrogens is 508 g/mol. The second kappa shape index (κ2) is 10.8. The minimum absolute atomic E-state index is 0.111. The lowest BCUT2D eigenvalue weighted by atomic mass is 10.1. The second-order valence-electron chi connectivity index (χ2n) is 9.38. The van der Waals surface area contributed by atoms with E-state index < -0.39 is 23.5 Å². The van der Waals surface area contributed by atoms with Gasteiger partial charge in [-0.3, -0.25) is 4.79 Å². The maximum Gasteiger partial charge on any atom is 0.371 e. The van der Waals surface area contributed by atoms with Crippen LogP contribution < -0.4 is 10.1 Å². The van der Waals surface area contributed by atoms with Crippen molar-refractivity contribution in [1.29, 1.82) is 0 Å².